The van der Waals surface area contributed by atoms with Crippen molar-refractivity contribution in [2.24, 2.45) is 0 Å². The lowest BCUT2D eigenvalue weighted by molar-refractivity contribution is 0.173. The van der Waals surface area contributed by atoms with Crippen LogP contribution in [0.5, 0.6) is 17.2 Å². The summed E-state index contributed by atoms with van der Waals surface area (Å²) in [7, 11) is 1.90. The smallest absolute Gasteiger partial charge is 0.231 e. The van der Waals surface area contributed by atoms with Crippen LogP contribution in [0.15, 0.2) is 36.5 Å². The van der Waals surface area contributed by atoms with Gasteiger partial charge in [0.2, 0.25) is 6.79 Å². The molecule has 0 saturated carbocycles. The van der Waals surface area contributed by atoms with Gasteiger partial charge in [-0.2, -0.15) is 0 Å². The maximum atomic E-state index is 5.86. The van der Waals surface area contributed by atoms with Crippen LogP contribution in [0.3, 0.4) is 0 Å². The van der Waals surface area contributed by atoms with Gasteiger partial charge in [0.1, 0.15) is 12.4 Å². The van der Waals surface area contributed by atoms with E-state index in [1.165, 1.54) is 0 Å². The largest absolute Gasteiger partial charge is 0.487 e. The Morgan fingerprint density at radius 3 is 2.85 bits per heavy atom. The summed E-state index contributed by atoms with van der Waals surface area (Å²) in [5, 5.41) is 3.12. The van der Waals surface area contributed by atoms with Crippen molar-refractivity contribution >= 4 is 0 Å². The van der Waals surface area contributed by atoms with E-state index in [0.717, 1.165) is 28.5 Å². The molecule has 0 radical (unpaired) electrons. The van der Waals surface area contributed by atoms with Crippen molar-refractivity contribution in [2.75, 3.05) is 13.8 Å². The quantitative estimate of drug-likeness (QED) is 0.903. The van der Waals surface area contributed by atoms with Crippen molar-refractivity contribution in [3.05, 3.63) is 47.8 Å². The van der Waals surface area contributed by atoms with Crippen LogP contribution in [-0.4, -0.2) is 18.8 Å². The predicted octanol–water partition coefficient (Wildman–Crippen LogP) is 2.11. The van der Waals surface area contributed by atoms with Gasteiger partial charge in [-0.05, 0) is 25.2 Å². The van der Waals surface area contributed by atoms with Gasteiger partial charge >= 0.3 is 0 Å². The van der Waals surface area contributed by atoms with E-state index in [-0.39, 0.29) is 6.79 Å². The monoisotopic (exact) mass is 272 g/mol. The maximum Gasteiger partial charge on any atom is 0.231 e. The topological polar surface area (TPSA) is 52.6 Å². The van der Waals surface area contributed by atoms with Crippen LogP contribution in [0.2, 0.25) is 0 Å². The number of hydrogen-bond donors (Lipinski definition) is 1. The standard InChI is InChI=1S/C15H16N2O3/c1-16-8-11-6-14-15(20-10-19-14)7-13(11)18-9-12-4-2-3-5-17-12/h2-7,16H,8-10H2,1H3. The van der Waals surface area contributed by atoms with Crippen molar-refractivity contribution in [2.45, 2.75) is 13.2 Å². The minimum Gasteiger partial charge on any atom is -0.487 e. The summed E-state index contributed by atoms with van der Waals surface area (Å²) in [5.74, 6) is 2.27. The van der Waals surface area contributed by atoms with Crippen molar-refractivity contribution in [3.63, 3.8) is 0 Å². The third-order valence-electron chi connectivity index (χ3n) is 3.02. The molecule has 1 aromatic heterocycles. The summed E-state index contributed by atoms with van der Waals surface area (Å²) in [6.07, 6.45) is 1.76. The molecule has 0 aliphatic carbocycles. The Labute approximate surface area is 117 Å². The number of aromatic nitrogens is 1. The molecule has 1 N–H and O–H groups in total. The summed E-state index contributed by atoms with van der Waals surface area (Å²) in [5.41, 5.74) is 1.92. The van der Waals surface area contributed by atoms with Gasteiger partial charge < -0.3 is 19.5 Å². The minimum absolute atomic E-state index is 0.262. The van der Waals surface area contributed by atoms with Crippen molar-refractivity contribution in [1.82, 2.24) is 10.3 Å². The average Bonchev–Trinajstić information content (AvgIpc) is 2.93. The van der Waals surface area contributed by atoms with Crippen LogP contribution in [0.1, 0.15) is 11.3 Å². The Balaban J connectivity index is 1.80. The highest BCUT2D eigenvalue weighted by molar-refractivity contribution is 5.51. The number of nitrogens with zero attached hydrogens (tertiary/aromatic N) is 1. The first-order valence-electron chi connectivity index (χ1n) is 6.46. The fourth-order valence-electron chi connectivity index (χ4n) is 2.06. The lowest BCUT2D eigenvalue weighted by Gasteiger charge is -2.12. The highest BCUT2D eigenvalue weighted by Crippen LogP contribution is 2.38. The molecule has 0 amide bonds. The van der Waals surface area contributed by atoms with Gasteiger partial charge in [0.15, 0.2) is 11.5 Å². The maximum absolute atomic E-state index is 5.86. The number of pyridine rings is 1. The fraction of sp³-hybridized carbons (Fsp3) is 0.267. The minimum atomic E-state index is 0.262. The molecule has 3 rings (SSSR count). The van der Waals surface area contributed by atoms with Gasteiger partial charge in [0.05, 0.1) is 5.69 Å². The first-order valence-corrected chi connectivity index (χ1v) is 6.46. The summed E-state index contributed by atoms with van der Waals surface area (Å²) >= 11 is 0. The van der Waals surface area contributed by atoms with E-state index in [2.05, 4.69) is 10.3 Å². The number of fused-ring (bicyclic) bond motifs is 1. The van der Waals surface area contributed by atoms with E-state index >= 15 is 0 Å². The lowest BCUT2D eigenvalue weighted by atomic mass is 10.1. The number of hydrogen-bond acceptors (Lipinski definition) is 5. The molecule has 0 bridgehead atoms. The van der Waals surface area contributed by atoms with E-state index in [9.17, 15) is 0 Å². The second kappa shape index (κ2) is 5.79. The molecule has 0 saturated heterocycles. The van der Waals surface area contributed by atoms with E-state index in [1.54, 1.807) is 6.20 Å². The number of ether oxygens (including phenoxy) is 3. The van der Waals surface area contributed by atoms with Gasteiger partial charge in [-0.1, -0.05) is 6.07 Å². The van der Waals surface area contributed by atoms with E-state index in [1.807, 2.05) is 37.4 Å². The zero-order chi connectivity index (χ0) is 13.8. The molecule has 5 heteroatoms. The second-order valence-corrected chi connectivity index (χ2v) is 4.45. The Hall–Kier alpha value is -2.27. The molecule has 20 heavy (non-hydrogen) atoms. The molecular weight excluding hydrogens is 256 g/mol. The van der Waals surface area contributed by atoms with Crippen LogP contribution in [0.4, 0.5) is 0 Å². The Kier molecular flexibility index (Phi) is 3.69. The number of benzene rings is 1. The Morgan fingerprint density at radius 1 is 1.25 bits per heavy atom. The van der Waals surface area contributed by atoms with Crippen LogP contribution in [0.25, 0.3) is 0 Å². The molecule has 2 heterocycles. The SMILES string of the molecule is CNCc1cc2c(cc1OCc1ccccn1)OCO2. The predicted molar refractivity (Wildman–Crippen MR) is 73.9 cm³/mol. The third-order valence-corrected chi connectivity index (χ3v) is 3.02. The molecule has 0 fully saturated rings. The molecule has 0 atom stereocenters. The normalized spacial score (nSPS) is 12.4. The van der Waals surface area contributed by atoms with Gasteiger partial charge in [0, 0.05) is 24.4 Å². The zero-order valence-corrected chi connectivity index (χ0v) is 11.3. The highest BCUT2D eigenvalue weighted by atomic mass is 16.7. The van der Waals surface area contributed by atoms with Crippen molar-refractivity contribution in [3.8, 4) is 17.2 Å². The zero-order valence-electron chi connectivity index (χ0n) is 11.3. The van der Waals surface area contributed by atoms with Crippen LogP contribution >= 0.6 is 0 Å². The molecular formula is C15H16N2O3. The van der Waals surface area contributed by atoms with Gasteiger partial charge in [-0.15, -0.1) is 0 Å². The molecule has 1 aliphatic rings. The summed E-state index contributed by atoms with van der Waals surface area (Å²) < 4.78 is 16.6. The summed E-state index contributed by atoms with van der Waals surface area (Å²) in [4.78, 5) is 4.25. The molecule has 1 aromatic carbocycles. The fourth-order valence-corrected chi connectivity index (χ4v) is 2.06. The summed E-state index contributed by atoms with van der Waals surface area (Å²) in [6.45, 7) is 1.39. The molecule has 104 valence electrons. The van der Waals surface area contributed by atoms with E-state index in [0.29, 0.717) is 13.2 Å². The summed E-state index contributed by atoms with van der Waals surface area (Å²) in [6, 6.07) is 9.59. The Bertz CT molecular complexity index is 587. The number of nitrogens with one attached hydrogen (secondary N) is 1. The second-order valence-electron chi connectivity index (χ2n) is 4.45. The van der Waals surface area contributed by atoms with Crippen LogP contribution in [0, 0.1) is 0 Å². The van der Waals surface area contributed by atoms with Gasteiger partial charge in [-0.25, -0.2) is 0 Å². The highest BCUT2D eigenvalue weighted by Gasteiger charge is 2.17. The number of rotatable bonds is 5. The first-order chi connectivity index (χ1) is 9.86. The molecule has 5 nitrogen and oxygen atoms in total. The van der Waals surface area contributed by atoms with Crippen LogP contribution < -0.4 is 19.5 Å². The lowest BCUT2D eigenvalue weighted by Crippen LogP contribution is -2.08. The van der Waals surface area contributed by atoms with E-state index < -0.39 is 0 Å². The van der Waals surface area contributed by atoms with E-state index in [4.69, 9.17) is 14.2 Å². The molecule has 0 spiro atoms. The molecule has 2 aromatic rings. The van der Waals surface area contributed by atoms with Crippen molar-refractivity contribution < 1.29 is 14.2 Å². The Morgan fingerprint density at radius 2 is 2.10 bits per heavy atom. The van der Waals surface area contributed by atoms with Gasteiger partial charge in [-0.3, -0.25) is 4.98 Å². The first kappa shape index (κ1) is 12.7. The van der Waals surface area contributed by atoms with Crippen LogP contribution in [-0.2, 0) is 13.2 Å². The van der Waals surface area contributed by atoms with Crippen molar-refractivity contribution in [1.29, 1.82) is 0 Å². The van der Waals surface area contributed by atoms with Gasteiger partial charge in [0.25, 0.3) is 0 Å². The molecule has 0 unspecified atom stereocenters. The average molecular weight is 272 g/mol. The third kappa shape index (κ3) is 2.67. The molecule has 1 aliphatic heterocycles.